The number of amides is 1. The molecule has 17 heavy (non-hydrogen) atoms. The molecule has 1 rings (SSSR count). The molecule has 5 heteroatoms. The molecule has 1 aromatic carbocycles. The summed E-state index contributed by atoms with van der Waals surface area (Å²) in [5.41, 5.74) is 0.698. The summed E-state index contributed by atoms with van der Waals surface area (Å²) < 4.78 is 0. The second-order valence-electron chi connectivity index (χ2n) is 4.14. The number of hydrogen-bond acceptors (Lipinski definition) is 2. The highest BCUT2D eigenvalue weighted by Crippen LogP contribution is 2.24. The topological polar surface area (TPSA) is 60.8 Å². The Balaban J connectivity index is 2.69. The first-order valence-corrected chi connectivity index (χ1v) is 5.67. The minimum Gasteiger partial charge on any atom is -0.465 e. The van der Waals surface area contributed by atoms with Crippen LogP contribution in [-0.2, 0) is 0 Å². The lowest BCUT2D eigenvalue weighted by atomic mass is 9.97. The molecule has 0 aliphatic rings. The molecule has 0 heterocycles. The number of carboxylic acid groups (broad SMARTS) is 1. The van der Waals surface area contributed by atoms with Crippen LogP contribution in [0.1, 0.15) is 18.6 Å². The van der Waals surface area contributed by atoms with E-state index in [0.717, 1.165) is 4.90 Å². The summed E-state index contributed by atoms with van der Waals surface area (Å²) in [4.78, 5) is 11.8. The zero-order valence-electron chi connectivity index (χ0n) is 9.80. The van der Waals surface area contributed by atoms with Crippen LogP contribution in [0.4, 0.5) is 4.79 Å². The van der Waals surface area contributed by atoms with E-state index in [1.165, 1.54) is 7.05 Å². The second-order valence-corrected chi connectivity index (χ2v) is 4.58. The highest BCUT2D eigenvalue weighted by Gasteiger charge is 2.20. The molecule has 2 N–H and O–H groups in total. The predicted octanol–water partition coefficient (Wildman–Crippen LogP) is 2.62. The van der Waals surface area contributed by atoms with Crippen LogP contribution >= 0.6 is 11.6 Å². The maximum atomic E-state index is 10.7. The summed E-state index contributed by atoms with van der Waals surface area (Å²) >= 11 is 5.83. The van der Waals surface area contributed by atoms with Crippen molar-refractivity contribution in [2.24, 2.45) is 5.92 Å². The summed E-state index contributed by atoms with van der Waals surface area (Å²) in [6, 6.07) is 6.94. The van der Waals surface area contributed by atoms with E-state index in [4.69, 9.17) is 16.7 Å². The Labute approximate surface area is 105 Å². The van der Waals surface area contributed by atoms with Crippen molar-refractivity contribution in [3.05, 3.63) is 34.9 Å². The largest absolute Gasteiger partial charge is 0.465 e. The van der Waals surface area contributed by atoms with Gasteiger partial charge in [-0.15, -0.1) is 0 Å². The van der Waals surface area contributed by atoms with E-state index >= 15 is 0 Å². The van der Waals surface area contributed by atoms with Crippen LogP contribution in [0.3, 0.4) is 0 Å². The van der Waals surface area contributed by atoms with Gasteiger partial charge in [0, 0.05) is 24.5 Å². The molecule has 2 atom stereocenters. The van der Waals surface area contributed by atoms with Crippen LogP contribution < -0.4 is 0 Å². The molecule has 0 spiro atoms. The van der Waals surface area contributed by atoms with Crippen LogP contribution in [0.25, 0.3) is 0 Å². The fourth-order valence-electron chi connectivity index (χ4n) is 1.63. The van der Waals surface area contributed by atoms with Gasteiger partial charge < -0.3 is 15.1 Å². The number of carbonyl (C=O) groups is 1. The third-order valence-electron chi connectivity index (χ3n) is 2.62. The average Bonchev–Trinajstić information content (AvgIpc) is 2.27. The normalized spacial score (nSPS) is 14.1. The van der Waals surface area contributed by atoms with Crippen molar-refractivity contribution >= 4 is 17.7 Å². The molecule has 0 aliphatic heterocycles. The van der Waals surface area contributed by atoms with Gasteiger partial charge in [-0.25, -0.2) is 4.79 Å². The van der Waals surface area contributed by atoms with Crippen molar-refractivity contribution in [3.63, 3.8) is 0 Å². The molecular formula is C12H16ClNO3. The number of hydrogen-bond donors (Lipinski definition) is 2. The Morgan fingerprint density at radius 1 is 1.53 bits per heavy atom. The maximum absolute atomic E-state index is 10.7. The van der Waals surface area contributed by atoms with Crippen molar-refractivity contribution in [3.8, 4) is 0 Å². The van der Waals surface area contributed by atoms with Crippen LogP contribution in [0.15, 0.2) is 24.3 Å². The number of benzene rings is 1. The average molecular weight is 258 g/mol. The first kappa shape index (κ1) is 13.8. The summed E-state index contributed by atoms with van der Waals surface area (Å²) in [7, 11) is 1.48. The molecule has 0 bridgehead atoms. The maximum Gasteiger partial charge on any atom is 0.407 e. The number of nitrogens with zero attached hydrogens (tertiary/aromatic N) is 1. The van der Waals surface area contributed by atoms with Gasteiger partial charge in [0.15, 0.2) is 0 Å². The molecule has 4 nitrogen and oxygen atoms in total. The molecule has 0 saturated heterocycles. The van der Waals surface area contributed by atoms with Gasteiger partial charge in [-0.1, -0.05) is 30.7 Å². The summed E-state index contributed by atoms with van der Waals surface area (Å²) in [5, 5.41) is 19.4. The molecule has 0 aromatic heterocycles. The number of rotatable bonds is 4. The van der Waals surface area contributed by atoms with Gasteiger partial charge in [0.25, 0.3) is 0 Å². The molecule has 0 saturated carbocycles. The summed E-state index contributed by atoms with van der Waals surface area (Å²) in [6.07, 6.45) is -1.73. The molecule has 2 unspecified atom stereocenters. The van der Waals surface area contributed by atoms with Gasteiger partial charge in [0.05, 0.1) is 6.10 Å². The summed E-state index contributed by atoms with van der Waals surface area (Å²) in [5.74, 6) is -0.199. The van der Waals surface area contributed by atoms with Crippen LogP contribution in [-0.4, -0.2) is 34.8 Å². The summed E-state index contributed by atoms with van der Waals surface area (Å²) in [6.45, 7) is 2.06. The van der Waals surface area contributed by atoms with Crippen molar-refractivity contribution in [1.29, 1.82) is 0 Å². The van der Waals surface area contributed by atoms with Crippen LogP contribution in [0.2, 0.25) is 5.02 Å². The van der Waals surface area contributed by atoms with E-state index in [2.05, 4.69) is 0 Å². The minimum absolute atomic E-state index is 0.199. The predicted molar refractivity (Wildman–Crippen MR) is 66.2 cm³/mol. The van der Waals surface area contributed by atoms with E-state index in [0.29, 0.717) is 10.6 Å². The Morgan fingerprint density at radius 2 is 2.18 bits per heavy atom. The minimum atomic E-state index is -1.00. The Kier molecular flexibility index (Phi) is 4.78. The number of aliphatic hydroxyl groups is 1. The van der Waals surface area contributed by atoms with Gasteiger partial charge in [-0.3, -0.25) is 0 Å². The van der Waals surface area contributed by atoms with Gasteiger partial charge in [0.2, 0.25) is 0 Å². The first-order valence-electron chi connectivity index (χ1n) is 5.29. The third kappa shape index (κ3) is 3.91. The number of aliphatic hydroxyl groups excluding tert-OH is 1. The second kappa shape index (κ2) is 5.89. The van der Waals surface area contributed by atoms with Gasteiger partial charge in [-0.2, -0.15) is 0 Å². The first-order chi connectivity index (χ1) is 7.91. The Hall–Kier alpha value is -1.26. The van der Waals surface area contributed by atoms with Gasteiger partial charge in [-0.05, 0) is 17.7 Å². The van der Waals surface area contributed by atoms with E-state index < -0.39 is 12.2 Å². The van der Waals surface area contributed by atoms with Crippen molar-refractivity contribution in [1.82, 2.24) is 4.90 Å². The van der Waals surface area contributed by atoms with E-state index in [9.17, 15) is 9.90 Å². The monoisotopic (exact) mass is 257 g/mol. The molecule has 1 aromatic rings. The zero-order valence-corrected chi connectivity index (χ0v) is 10.6. The van der Waals surface area contributed by atoms with Crippen LogP contribution in [0.5, 0.6) is 0 Å². The lowest BCUT2D eigenvalue weighted by Crippen LogP contribution is -2.31. The van der Waals surface area contributed by atoms with E-state index in [-0.39, 0.29) is 12.5 Å². The quantitative estimate of drug-likeness (QED) is 0.872. The molecular weight excluding hydrogens is 242 g/mol. The lowest BCUT2D eigenvalue weighted by Gasteiger charge is -2.23. The molecule has 0 fully saturated rings. The number of halogens is 1. The zero-order chi connectivity index (χ0) is 13.0. The third-order valence-corrected chi connectivity index (χ3v) is 2.85. The Morgan fingerprint density at radius 3 is 2.71 bits per heavy atom. The van der Waals surface area contributed by atoms with Gasteiger partial charge in [0.1, 0.15) is 0 Å². The fourth-order valence-corrected chi connectivity index (χ4v) is 1.83. The van der Waals surface area contributed by atoms with Crippen molar-refractivity contribution in [2.45, 2.75) is 13.0 Å². The molecule has 0 radical (unpaired) electrons. The highest BCUT2D eigenvalue weighted by atomic mass is 35.5. The Bertz CT molecular complexity index is 397. The van der Waals surface area contributed by atoms with Gasteiger partial charge >= 0.3 is 6.09 Å². The van der Waals surface area contributed by atoms with Crippen LogP contribution in [0, 0.1) is 5.92 Å². The van der Waals surface area contributed by atoms with E-state index in [1.54, 1.807) is 31.2 Å². The molecule has 0 aliphatic carbocycles. The standard InChI is InChI=1S/C12H16ClNO3/c1-8(7-14(2)12(16)17)11(15)9-4-3-5-10(13)6-9/h3-6,8,11,15H,7H2,1-2H3,(H,16,17). The SMILES string of the molecule is CC(CN(C)C(=O)O)C(O)c1cccc(Cl)c1. The molecule has 94 valence electrons. The fraction of sp³-hybridized carbons (Fsp3) is 0.417. The molecule has 1 amide bonds. The smallest absolute Gasteiger partial charge is 0.407 e. The van der Waals surface area contributed by atoms with Crippen molar-refractivity contribution in [2.75, 3.05) is 13.6 Å². The highest BCUT2D eigenvalue weighted by molar-refractivity contribution is 6.30. The lowest BCUT2D eigenvalue weighted by molar-refractivity contribution is 0.0901. The van der Waals surface area contributed by atoms with E-state index in [1.807, 2.05) is 0 Å². The van der Waals surface area contributed by atoms with Crippen molar-refractivity contribution < 1.29 is 15.0 Å².